The summed E-state index contributed by atoms with van der Waals surface area (Å²) >= 11 is 1.66. The predicted molar refractivity (Wildman–Crippen MR) is 89.1 cm³/mol. The van der Waals surface area contributed by atoms with Crippen LogP contribution in [0.4, 0.5) is 5.69 Å². The number of fused-ring (bicyclic) bond motifs is 1. The molecule has 1 aromatic heterocycles. The number of benzene rings is 1. The molecule has 0 saturated heterocycles. The Balaban J connectivity index is 1.60. The zero-order valence-corrected chi connectivity index (χ0v) is 13.0. The maximum atomic E-state index is 5.97. The number of nitrogens with one attached hydrogen (secondary N) is 1. The van der Waals surface area contributed by atoms with E-state index in [2.05, 4.69) is 40.4 Å². The third kappa shape index (κ3) is 3.42. The highest BCUT2D eigenvalue weighted by molar-refractivity contribution is 7.09. The molecule has 0 saturated carbocycles. The van der Waals surface area contributed by atoms with Crippen LogP contribution in [0.5, 0.6) is 0 Å². The van der Waals surface area contributed by atoms with Crippen LogP contribution in [0.2, 0.25) is 0 Å². The molecule has 1 heterocycles. The van der Waals surface area contributed by atoms with E-state index < -0.39 is 0 Å². The molecule has 1 aromatic carbocycles. The molecule has 3 rings (SSSR count). The Morgan fingerprint density at radius 2 is 2.29 bits per heavy atom. The molecule has 3 N–H and O–H groups in total. The van der Waals surface area contributed by atoms with Crippen LogP contribution >= 0.6 is 11.3 Å². The molecule has 5 heteroatoms. The number of hydrogen-bond donors (Lipinski definition) is 2. The first-order valence-electron chi connectivity index (χ1n) is 7.30. The number of guanidine groups is 1. The van der Waals surface area contributed by atoms with Gasteiger partial charge in [-0.3, -0.25) is 4.99 Å². The number of aryl methyl sites for hydroxylation is 2. The van der Waals surface area contributed by atoms with Gasteiger partial charge in [0.1, 0.15) is 0 Å². The van der Waals surface area contributed by atoms with Crippen LogP contribution < -0.4 is 11.1 Å². The number of anilines is 1. The van der Waals surface area contributed by atoms with E-state index in [0.29, 0.717) is 18.4 Å². The minimum Gasteiger partial charge on any atom is -0.370 e. The van der Waals surface area contributed by atoms with E-state index in [1.54, 1.807) is 11.3 Å². The number of nitrogens with zero attached hydrogens (tertiary/aromatic N) is 2. The van der Waals surface area contributed by atoms with Gasteiger partial charge in [-0.2, -0.15) is 0 Å². The zero-order chi connectivity index (χ0) is 14.7. The molecule has 110 valence electrons. The molecule has 21 heavy (non-hydrogen) atoms. The van der Waals surface area contributed by atoms with E-state index in [1.165, 1.54) is 30.4 Å². The average molecular weight is 300 g/mol. The first kappa shape index (κ1) is 14.1. The number of rotatable bonds is 4. The molecule has 0 fully saturated rings. The van der Waals surface area contributed by atoms with Crippen LogP contribution in [0.3, 0.4) is 0 Å². The van der Waals surface area contributed by atoms with Crippen LogP contribution in [0.25, 0.3) is 0 Å². The van der Waals surface area contributed by atoms with E-state index in [9.17, 15) is 0 Å². The summed E-state index contributed by atoms with van der Waals surface area (Å²) < 4.78 is 0. The molecule has 0 bridgehead atoms. The van der Waals surface area contributed by atoms with Crippen molar-refractivity contribution in [3.63, 3.8) is 0 Å². The fourth-order valence-corrected chi connectivity index (χ4v) is 3.32. The van der Waals surface area contributed by atoms with E-state index in [-0.39, 0.29) is 0 Å². The van der Waals surface area contributed by atoms with Gasteiger partial charge in [-0.25, -0.2) is 4.98 Å². The number of aliphatic imine (C=N–C) groups is 1. The summed E-state index contributed by atoms with van der Waals surface area (Å²) in [5, 5.41) is 6.27. The lowest BCUT2D eigenvalue weighted by atomic mass is 10.1. The minimum absolute atomic E-state index is 0.297. The SMILES string of the molecule is CC(CN=C(N)Nc1ccc2c(c1)CCC2)c1nccs1. The summed E-state index contributed by atoms with van der Waals surface area (Å²) in [6.07, 6.45) is 5.45. The highest BCUT2D eigenvalue weighted by atomic mass is 32.1. The van der Waals surface area contributed by atoms with Gasteiger partial charge >= 0.3 is 0 Å². The first-order chi connectivity index (χ1) is 10.2. The number of hydrogen-bond acceptors (Lipinski definition) is 3. The fraction of sp³-hybridized carbons (Fsp3) is 0.375. The molecule has 1 atom stereocenters. The summed E-state index contributed by atoms with van der Waals surface area (Å²) in [6.45, 7) is 2.77. The first-order valence-corrected chi connectivity index (χ1v) is 8.18. The van der Waals surface area contributed by atoms with Gasteiger partial charge in [-0.15, -0.1) is 11.3 Å². The van der Waals surface area contributed by atoms with Crippen molar-refractivity contribution in [3.05, 3.63) is 45.9 Å². The standard InChI is InChI=1S/C16H20N4S/c1-11(15-18-7-8-21-15)10-19-16(17)20-14-6-5-12-3-2-4-13(12)9-14/h5-9,11H,2-4,10H2,1H3,(H3,17,19,20). The molecule has 1 aliphatic carbocycles. The van der Waals surface area contributed by atoms with E-state index in [1.807, 2.05) is 11.6 Å². The highest BCUT2D eigenvalue weighted by Gasteiger charge is 2.11. The average Bonchev–Trinajstić information content (AvgIpc) is 3.15. The van der Waals surface area contributed by atoms with Crippen molar-refractivity contribution in [2.45, 2.75) is 32.1 Å². The largest absolute Gasteiger partial charge is 0.370 e. The van der Waals surface area contributed by atoms with Crippen molar-refractivity contribution in [1.29, 1.82) is 0 Å². The third-order valence-corrected chi connectivity index (χ3v) is 4.79. The van der Waals surface area contributed by atoms with Crippen LogP contribution in [0, 0.1) is 0 Å². The van der Waals surface area contributed by atoms with Crippen LogP contribution in [-0.4, -0.2) is 17.5 Å². The van der Waals surface area contributed by atoms with Crippen LogP contribution in [0.1, 0.15) is 35.4 Å². The van der Waals surface area contributed by atoms with Crippen LogP contribution in [-0.2, 0) is 12.8 Å². The molecule has 1 unspecified atom stereocenters. The Morgan fingerprint density at radius 1 is 1.43 bits per heavy atom. The van der Waals surface area contributed by atoms with Crippen molar-refractivity contribution in [1.82, 2.24) is 4.98 Å². The third-order valence-electron chi connectivity index (χ3n) is 3.78. The van der Waals surface area contributed by atoms with E-state index >= 15 is 0 Å². The van der Waals surface area contributed by atoms with Crippen LogP contribution in [0.15, 0.2) is 34.8 Å². The van der Waals surface area contributed by atoms with Crippen molar-refractivity contribution in [2.75, 3.05) is 11.9 Å². The van der Waals surface area contributed by atoms with E-state index in [0.717, 1.165) is 10.7 Å². The minimum atomic E-state index is 0.297. The van der Waals surface area contributed by atoms with Gasteiger partial charge in [0.2, 0.25) is 0 Å². The predicted octanol–water partition coefficient (Wildman–Crippen LogP) is 3.16. The van der Waals surface area contributed by atoms with Crippen molar-refractivity contribution in [2.24, 2.45) is 10.7 Å². The zero-order valence-electron chi connectivity index (χ0n) is 12.2. The van der Waals surface area contributed by atoms with Gasteiger partial charge in [-0.1, -0.05) is 13.0 Å². The molecule has 0 spiro atoms. The lowest BCUT2D eigenvalue weighted by Gasteiger charge is -2.09. The highest BCUT2D eigenvalue weighted by Crippen LogP contribution is 2.24. The topological polar surface area (TPSA) is 63.3 Å². The van der Waals surface area contributed by atoms with Gasteiger partial charge in [-0.05, 0) is 42.5 Å². The lowest BCUT2D eigenvalue weighted by molar-refractivity contribution is 0.766. The van der Waals surface area contributed by atoms with E-state index in [4.69, 9.17) is 5.73 Å². The van der Waals surface area contributed by atoms with Gasteiger partial charge in [0.15, 0.2) is 5.96 Å². The number of aromatic nitrogens is 1. The molecule has 0 aliphatic heterocycles. The Kier molecular flexibility index (Phi) is 4.20. The summed E-state index contributed by atoms with van der Waals surface area (Å²) in [6, 6.07) is 6.46. The smallest absolute Gasteiger partial charge is 0.193 e. The normalized spacial score (nSPS) is 15.8. The second kappa shape index (κ2) is 6.26. The number of thiazole rings is 1. The Labute approximate surface area is 129 Å². The summed E-state index contributed by atoms with van der Waals surface area (Å²) in [5.41, 5.74) is 9.90. The molecule has 0 radical (unpaired) electrons. The Hall–Kier alpha value is -1.88. The summed E-state index contributed by atoms with van der Waals surface area (Å²) in [5.74, 6) is 0.765. The van der Waals surface area contributed by atoms with Gasteiger partial charge in [0.05, 0.1) is 11.6 Å². The molecular formula is C16H20N4S. The monoisotopic (exact) mass is 300 g/mol. The molecule has 4 nitrogen and oxygen atoms in total. The Bertz CT molecular complexity index is 634. The molecule has 0 amide bonds. The molecule has 2 aromatic rings. The quantitative estimate of drug-likeness (QED) is 0.673. The summed E-state index contributed by atoms with van der Waals surface area (Å²) in [7, 11) is 0. The van der Waals surface area contributed by atoms with Gasteiger partial charge in [0, 0.05) is 23.2 Å². The fourth-order valence-electron chi connectivity index (χ4n) is 2.63. The second-order valence-electron chi connectivity index (χ2n) is 5.46. The summed E-state index contributed by atoms with van der Waals surface area (Å²) in [4.78, 5) is 8.72. The second-order valence-corrected chi connectivity index (χ2v) is 6.39. The van der Waals surface area contributed by atoms with Crippen molar-refractivity contribution >= 4 is 23.0 Å². The van der Waals surface area contributed by atoms with Gasteiger partial charge in [0.25, 0.3) is 0 Å². The molecule has 1 aliphatic rings. The van der Waals surface area contributed by atoms with Crippen molar-refractivity contribution in [3.8, 4) is 0 Å². The molecular weight excluding hydrogens is 280 g/mol. The maximum absolute atomic E-state index is 5.97. The lowest BCUT2D eigenvalue weighted by Crippen LogP contribution is -2.23. The maximum Gasteiger partial charge on any atom is 0.193 e. The number of nitrogens with two attached hydrogens (primary N) is 1. The van der Waals surface area contributed by atoms with Gasteiger partial charge < -0.3 is 11.1 Å². The van der Waals surface area contributed by atoms with Crippen molar-refractivity contribution < 1.29 is 0 Å². The Morgan fingerprint density at radius 3 is 3.10 bits per heavy atom.